The summed E-state index contributed by atoms with van der Waals surface area (Å²) in [6, 6.07) is 2.00. The zero-order valence-electron chi connectivity index (χ0n) is 14.8. The molecule has 3 heterocycles. The largest absolute Gasteiger partial charge is 0.360 e. The zero-order chi connectivity index (χ0) is 16.1. The fourth-order valence-corrected chi connectivity index (χ4v) is 3.21. The van der Waals surface area contributed by atoms with Crippen molar-refractivity contribution in [3.63, 3.8) is 0 Å². The van der Waals surface area contributed by atoms with Gasteiger partial charge in [0, 0.05) is 71.4 Å². The van der Waals surface area contributed by atoms with Crippen LogP contribution in [0.2, 0.25) is 0 Å². The lowest BCUT2D eigenvalue weighted by Gasteiger charge is -2.34. The first-order chi connectivity index (χ1) is 11.2. The Labute approximate surface area is 161 Å². The molecule has 0 atom stereocenters. The molecule has 1 aromatic heterocycles. The minimum Gasteiger partial charge on any atom is -0.360 e. The van der Waals surface area contributed by atoms with Crippen LogP contribution >= 0.6 is 24.8 Å². The number of hydrogen-bond acceptors (Lipinski definition) is 6. The maximum Gasteiger partial charge on any atom is 0.223 e. The first-order valence-electron chi connectivity index (χ1n) is 8.56. The van der Waals surface area contributed by atoms with E-state index in [0.29, 0.717) is 12.3 Å². The van der Waals surface area contributed by atoms with E-state index in [2.05, 4.69) is 20.3 Å². The molecule has 7 nitrogen and oxygen atoms in total. The highest BCUT2D eigenvalue weighted by Gasteiger charge is 2.21. The van der Waals surface area contributed by atoms with Crippen molar-refractivity contribution in [2.75, 3.05) is 58.9 Å². The zero-order valence-corrected chi connectivity index (χ0v) is 16.4. The second-order valence-corrected chi connectivity index (χ2v) is 6.43. The summed E-state index contributed by atoms with van der Waals surface area (Å²) in [5.41, 5.74) is 0.935. The lowest BCUT2D eigenvalue weighted by Crippen LogP contribution is -2.49. The Kier molecular flexibility index (Phi) is 9.74. The van der Waals surface area contributed by atoms with Gasteiger partial charge in [-0.3, -0.25) is 9.69 Å². The molecule has 2 aliphatic heterocycles. The number of nitrogens with one attached hydrogen (secondary N) is 1. The fourth-order valence-electron chi connectivity index (χ4n) is 3.21. The van der Waals surface area contributed by atoms with Crippen molar-refractivity contribution in [1.82, 2.24) is 25.2 Å². The Hall–Kier alpha value is -0.860. The highest BCUT2D eigenvalue weighted by Crippen LogP contribution is 2.10. The molecule has 25 heavy (non-hydrogen) atoms. The maximum absolute atomic E-state index is 12.2. The predicted molar refractivity (Wildman–Crippen MR) is 102 cm³/mol. The van der Waals surface area contributed by atoms with Gasteiger partial charge in [0.15, 0.2) is 5.76 Å². The molecule has 0 aromatic carbocycles. The number of carbonyl (C=O) groups is 1. The number of rotatable bonds is 5. The van der Waals surface area contributed by atoms with Crippen molar-refractivity contribution in [2.24, 2.45) is 0 Å². The summed E-state index contributed by atoms with van der Waals surface area (Å²) >= 11 is 0. The van der Waals surface area contributed by atoms with Crippen molar-refractivity contribution in [2.45, 2.75) is 19.9 Å². The van der Waals surface area contributed by atoms with Gasteiger partial charge in [0.05, 0.1) is 12.2 Å². The van der Waals surface area contributed by atoms with Crippen LogP contribution in [0.3, 0.4) is 0 Å². The van der Waals surface area contributed by atoms with E-state index in [9.17, 15) is 4.79 Å². The first-order valence-corrected chi connectivity index (χ1v) is 8.56. The summed E-state index contributed by atoms with van der Waals surface area (Å²) in [5.74, 6) is 1.23. The molecule has 2 fully saturated rings. The van der Waals surface area contributed by atoms with Gasteiger partial charge in [-0.05, 0) is 6.92 Å². The molecular weight excluding hydrogens is 365 g/mol. The van der Waals surface area contributed by atoms with Gasteiger partial charge in [-0.1, -0.05) is 5.16 Å². The van der Waals surface area contributed by atoms with Gasteiger partial charge in [-0.2, -0.15) is 0 Å². The van der Waals surface area contributed by atoms with Crippen molar-refractivity contribution in [3.8, 4) is 0 Å². The Morgan fingerprint density at radius 1 is 1.12 bits per heavy atom. The van der Waals surface area contributed by atoms with Crippen LogP contribution in [-0.4, -0.2) is 84.7 Å². The first kappa shape index (κ1) is 22.2. The van der Waals surface area contributed by atoms with Crippen LogP contribution in [0.25, 0.3) is 0 Å². The van der Waals surface area contributed by atoms with Gasteiger partial charge in [0.25, 0.3) is 0 Å². The van der Waals surface area contributed by atoms with Crippen LogP contribution in [0.1, 0.15) is 17.9 Å². The molecule has 144 valence electrons. The molecule has 2 saturated heterocycles. The molecule has 1 N–H and O–H groups in total. The minimum absolute atomic E-state index is 0. The third-order valence-electron chi connectivity index (χ3n) is 4.63. The van der Waals surface area contributed by atoms with Crippen LogP contribution < -0.4 is 5.32 Å². The number of piperazine rings is 2. The fraction of sp³-hybridized carbons (Fsp3) is 0.750. The molecule has 0 unspecified atom stereocenters. The number of carbonyl (C=O) groups excluding carboxylic acids is 1. The van der Waals surface area contributed by atoms with Crippen LogP contribution in [0.5, 0.6) is 0 Å². The van der Waals surface area contributed by atoms with E-state index in [1.165, 1.54) is 0 Å². The van der Waals surface area contributed by atoms with Gasteiger partial charge in [-0.25, -0.2) is 0 Å². The molecule has 0 spiro atoms. The minimum atomic E-state index is 0. The third kappa shape index (κ3) is 6.75. The summed E-state index contributed by atoms with van der Waals surface area (Å²) in [6.45, 7) is 11.3. The quantitative estimate of drug-likeness (QED) is 0.796. The monoisotopic (exact) mass is 393 g/mol. The molecule has 0 bridgehead atoms. The van der Waals surface area contributed by atoms with Gasteiger partial charge in [-0.15, -0.1) is 24.8 Å². The van der Waals surface area contributed by atoms with E-state index in [-0.39, 0.29) is 24.8 Å². The van der Waals surface area contributed by atoms with E-state index in [4.69, 9.17) is 4.52 Å². The number of amides is 1. The molecule has 1 aromatic rings. The number of nitrogens with zero attached hydrogens (tertiary/aromatic N) is 4. The molecule has 0 radical (unpaired) electrons. The molecular formula is C16H29Cl2N5O2. The lowest BCUT2D eigenvalue weighted by atomic mass is 10.2. The van der Waals surface area contributed by atoms with E-state index in [0.717, 1.165) is 76.9 Å². The SMILES string of the molecule is Cc1cc(CN2CCN(CCC(=O)N3CCNCC3)CC2)on1.Cl.Cl. The Morgan fingerprint density at radius 2 is 1.76 bits per heavy atom. The number of hydrogen-bond donors (Lipinski definition) is 1. The number of aromatic nitrogens is 1. The van der Waals surface area contributed by atoms with Crippen molar-refractivity contribution in [1.29, 1.82) is 0 Å². The van der Waals surface area contributed by atoms with Crippen LogP contribution in [-0.2, 0) is 11.3 Å². The summed E-state index contributed by atoms with van der Waals surface area (Å²) < 4.78 is 5.28. The molecule has 9 heteroatoms. The third-order valence-corrected chi connectivity index (χ3v) is 4.63. The molecule has 2 aliphatic rings. The Balaban J connectivity index is 0.00000156. The van der Waals surface area contributed by atoms with Crippen molar-refractivity contribution >= 4 is 30.7 Å². The standard InChI is InChI=1S/C16H27N5O2.2ClH/c1-14-12-15(23-18-14)13-20-10-8-19(9-11-20)5-2-16(22)21-6-3-17-4-7-21;;/h12,17H,2-11,13H2,1H3;2*1H. The predicted octanol–water partition coefficient (Wildman–Crippen LogP) is 0.766. The summed E-state index contributed by atoms with van der Waals surface area (Å²) in [6.07, 6.45) is 0.640. The average molecular weight is 394 g/mol. The maximum atomic E-state index is 12.2. The summed E-state index contributed by atoms with van der Waals surface area (Å²) in [7, 11) is 0. The van der Waals surface area contributed by atoms with E-state index in [1.54, 1.807) is 0 Å². The number of aryl methyl sites for hydroxylation is 1. The normalized spacial score (nSPS) is 19.2. The molecule has 3 rings (SSSR count). The molecule has 0 saturated carbocycles. The second-order valence-electron chi connectivity index (χ2n) is 6.43. The van der Waals surface area contributed by atoms with E-state index in [1.807, 2.05) is 17.9 Å². The summed E-state index contributed by atoms with van der Waals surface area (Å²) in [4.78, 5) is 19.0. The molecule has 0 aliphatic carbocycles. The summed E-state index contributed by atoms with van der Waals surface area (Å²) in [5, 5.41) is 7.21. The van der Waals surface area contributed by atoms with Gasteiger partial charge in [0.1, 0.15) is 0 Å². The number of halogens is 2. The highest BCUT2D eigenvalue weighted by atomic mass is 35.5. The van der Waals surface area contributed by atoms with Crippen LogP contribution in [0.4, 0.5) is 0 Å². The topological polar surface area (TPSA) is 64.8 Å². The van der Waals surface area contributed by atoms with Crippen LogP contribution in [0.15, 0.2) is 10.6 Å². The highest BCUT2D eigenvalue weighted by molar-refractivity contribution is 5.85. The van der Waals surface area contributed by atoms with Crippen molar-refractivity contribution < 1.29 is 9.32 Å². The van der Waals surface area contributed by atoms with Crippen molar-refractivity contribution in [3.05, 3.63) is 17.5 Å². The van der Waals surface area contributed by atoms with Crippen LogP contribution in [0, 0.1) is 6.92 Å². The Bertz CT molecular complexity index is 514. The van der Waals surface area contributed by atoms with E-state index < -0.39 is 0 Å². The smallest absolute Gasteiger partial charge is 0.223 e. The lowest BCUT2D eigenvalue weighted by molar-refractivity contribution is -0.132. The van der Waals surface area contributed by atoms with Gasteiger partial charge in [0.2, 0.25) is 5.91 Å². The van der Waals surface area contributed by atoms with Gasteiger partial charge >= 0.3 is 0 Å². The van der Waals surface area contributed by atoms with Gasteiger partial charge < -0.3 is 19.6 Å². The average Bonchev–Trinajstić information content (AvgIpc) is 2.99. The van der Waals surface area contributed by atoms with E-state index >= 15 is 0 Å². The Morgan fingerprint density at radius 3 is 2.36 bits per heavy atom. The second kappa shape index (κ2) is 11.0. The molecule has 1 amide bonds.